The van der Waals surface area contributed by atoms with Gasteiger partial charge in [0.05, 0.1) is 6.26 Å². The molecule has 21 heavy (non-hydrogen) atoms. The minimum absolute atomic E-state index is 0.124. The maximum Gasteiger partial charge on any atom is 0.252 e. The average molecular weight is 277 g/mol. The fourth-order valence-electron chi connectivity index (χ4n) is 2.22. The molecule has 0 spiro atoms. The smallest absolute Gasteiger partial charge is 0.252 e. The molecule has 1 heterocycles. The highest BCUT2D eigenvalue weighted by Crippen LogP contribution is 2.22. The fourth-order valence-corrected chi connectivity index (χ4v) is 2.22. The summed E-state index contributed by atoms with van der Waals surface area (Å²) < 4.78 is 5.47. The number of hydrogen-bond acceptors (Lipinski definition) is 2. The molecule has 0 unspecified atom stereocenters. The van der Waals surface area contributed by atoms with Crippen LogP contribution in [0.15, 0.2) is 83.5 Å². The molecule has 0 saturated carbocycles. The van der Waals surface area contributed by atoms with Crippen LogP contribution in [-0.4, -0.2) is 5.91 Å². The lowest BCUT2D eigenvalue weighted by Gasteiger charge is -2.17. The fraction of sp³-hybridized carbons (Fsp3) is 0.0556. The number of hydrogen-bond donors (Lipinski definition) is 1. The maximum absolute atomic E-state index is 12.4. The molecule has 0 fully saturated rings. The molecule has 1 atom stereocenters. The monoisotopic (exact) mass is 277 g/mol. The van der Waals surface area contributed by atoms with Gasteiger partial charge < -0.3 is 9.73 Å². The van der Waals surface area contributed by atoms with Crippen molar-refractivity contribution in [3.8, 4) is 0 Å². The Labute approximate surface area is 123 Å². The van der Waals surface area contributed by atoms with Crippen molar-refractivity contribution in [3.05, 3.63) is 95.9 Å². The SMILES string of the molecule is O=C(N[C@H](c1ccccc1)c1ccco1)c1ccccc1. The van der Waals surface area contributed by atoms with E-state index in [4.69, 9.17) is 4.42 Å². The van der Waals surface area contributed by atoms with E-state index in [1.165, 1.54) is 0 Å². The molecule has 0 bridgehead atoms. The van der Waals surface area contributed by atoms with E-state index in [-0.39, 0.29) is 11.9 Å². The molecule has 3 heteroatoms. The minimum Gasteiger partial charge on any atom is -0.467 e. The molecular formula is C18H15NO2. The van der Waals surface area contributed by atoms with Crippen LogP contribution < -0.4 is 5.32 Å². The van der Waals surface area contributed by atoms with Crippen LogP contribution in [0.4, 0.5) is 0 Å². The van der Waals surface area contributed by atoms with Crippen LogP contribution in [-0.2, 0) is 0 Å². The number of furan rings is 1. The Kier molecular flexibility index (Phi) is 3.83. The quantitative estimate of drug-likeness (QED) is 0.788. The first kappa shape index (κ1) is 13.2. The van der Waals surface area contributed by atoms with E-state index in [1.54, 1.807) is 18.4 Å². The van der Waals surface area contributed by atoms with E-state index in [1.807, 2.05) is 60.7 Å². The lowest BCUT2D eigenvalue weighted by Crippen LogP contribution is -2.29. The van der Waals surface area contributed by atoms with E-state index in [2.05, 4.69) is 5.32 Å². The van der Waals surface area contributed by atoms with Gasteiger partial charge in [-0.3, -0.25) is 4.79 Å². The Bertz CT molecular complexity index is 691. The van der Waals surface area contributed by atoms with Crippen LogP contribution in [0.25, 0.3) is 0 Å². The lowest BCUT2D eigenvalue weighted by atomic mass is 10.0. The summed E-state index contributed by atoms with van der Waals surface area (Å²) in [6, 6.07) is 22.3. The summed E-state index contributed by atoms with van der Waals surface area (Å²) in [5.74, 6) is 0.589. The van der Waals surface area contributed by atoms with E-state index in [9.17, 15) is 4.79 Å². The molecule has 0 aliphatic rings. The Morgan fingerprint density at radius 1 is 0.857 bits per heavy atom. The Morgan fingerprint density at radius 3 is 2.14 bits per heavy atom. The molecule has 3 aromatic rings. The van der Waals surface area contributed by atoms with Gasteiger partial charge >= 0.3 is 0 Å². The largest absolute Gasteiger partial charge is 0.467 e. The third-order valence-corrected chi connectivity index (χ3v) is 3.27. The predicted molar refractivity (Wildman–Crippen MR) is 80.9 cm³/mol. The number of benzene rings is 2. The summed E-state index contributed by atoms with van der Waals surface area (Å²) in [7, 11) is 0. The molecule has 3 nitrogen and oxygen atoms in total. The summed E-state index contributed by atoms with van der Waals surface area (Å²) in [5, 5.41) is 3.02. The summed E-state index contributed by atoms with van der Waals surface area (Å²) in [6.45, 7) is 0. The number of nitrogens with one attached hydrogen (secondary N) is 1. The summed E-state index contributed by atoms with van der Waals surface area (Å²) in [5.41, 5.74) is 1.61. The first-order valence-electron chi connectivity index (χ1n) is 6.79. The van der Waals surface area contributed by atoms with Crippen LogP contribution >= 0.6 is 0 Å². The van der Waals surface area contributed by atoms with E-state index in [0.29, 0.717) is 11.3 Å². The van der Waals surface area contributed by atoms with Gasteiger partial charge in [0.1, 0.15) is 11.8 Å². The van der Waals surface area contributed by atoms with E-state index in [0.717, 1.165) is 5.56 Å². The lowest BCUT2D eigenvalue weighted by molar-refractivity contribution is 0.0939. The van der Waals surface area contributed by atoms with Gasteiger partial charge in [-0.15, -0.1) is 0 Å². The van der Waals surface area contributed by atoms with Crippen molar-refractivity contribution in [2.24, 2.45) is 0 Å². The zero-order valence-corrected chi connectivity index (χ0v) is 11.4. The molecule has 0 aliphatic carbocycles. The Hall–Kier alpha value is -2.81. The first-order valence-corrected chi connectivity index (χ1v) is 6.79. The normalized spacial score (nSPS) is 11.8. The van der Waals surface area contributed by atoms with Gasteiger partial charge in [0.25, 0.3) is 5.91 Å². The third-order valence-electron chi connectivity index (χ3n) is 3.27. The zero-order valence-electron chi connectivity index (χ0n) is 11.4. The highest BCUT2D eigenvalue weighted by molar-refractivity contribution is 5.94. The van der Waals surface area contributed by atoms with Gasteiger partial charge in [-0.2, -0.15) is 0 Å². The van der Waals surface area contributed by atoms with Crippen LogP contribution in [0.2, 0.25) is 0 Å². The van der Waals surface area contributed by atoms with Crippen molar-refractivity contribution in [2.45, 2.75) is 6.04 Å². The molecule has 1 aromatic heterocycles. The van der Waals surface area contributed by atoms with Crippen LogP contribution in [0, 0.1) is 0 Å². The zero-order chi connectivity index (χ0) is 14.5. The van der Waals surface area contributed by atoms with Crippen molar-refractivity contribution < 1.29 is 9.21 Å². The Morgan fingerprint density at radius 2 is 1.52 bits per heavy atom. The molecule has 1 amide bonds. The van der Waals surface area contributed by atoms with Crippen molar-refractivity contribution in [3.63, 3.8) is 0 Å². The number of carbonyl (C=O) groups excluding carboxylic acids is 1. The molecule has 0 aliphatic heterocycles. The molecule has 0 saturated heterocycles. The van der Waals surface area contributed by atoms with Crippen molar-refractivity contribution in [1.29, 1.82) is 0 Å². The molecule has 3 rings (SSSR count). The van der Waals surface area contributed by atoms with Crippen molar-refractivity contribution >= 4 is 5.91 Å². The maximum atomic E-state index is 12.4. The van der Waals surface area contributed by atoms with Gasteiger partial charge in [0.2, 0.25) is 0 Å². The number of carbonyl (C=O) groups is 1. The molecular weight excluding hydrogens is 262 g/mol. The second-order valence-corrected chi connectivity index (χ2v) is 4.70. The summed E-state index contributed by atoms with van der Waals surface area (Å²) in [4.78, 5) is 12.4. The standard InChI is InChI=1S/C18H15NO2/c20-18(15-10-5-2-6-11-15)19-17(16-12-7-13-21-16)14-8-3-1-4-9-14/h1-13,17H,(H,19,20)/t17-/m1/s1. The molecule has 2 aromatic carbocycles. The number of amides is 1. The minimum atomic E-state index is -0.297. The van der Waals surface area contributed by atoms with Crippen molar-refractivity contribution in [1.82, 2.24) is 5.32 Å². The van der Waals surface area contributed by atoms with E-state index < -0.39 is 0 Å². The van der Waals surface area contributed by atoms with Gasteiger partial charge in [0.15, 0.2) is 0 Å². The highest BCUT2D eigenvalue weighted by atomic mass is 16.3. The third kappa shape index (κ3) is 3.03. The molecule has 104 valence electrons. The van der Waals surface area contributed by atoms with Crippen LogP contribution in [0.1, 0.15) is 27.7 Å². The average Bonchev–Trinajstić information content (AvgIpc) is 3.08. The second-order valence-electron chi connectivity index (χ2n) is 4.70. The first-order chi connectivity index (χ1) is 10.3. The van der Waals surface area contributed by atoms with Gasteiger partial charge in [-0.1, -0.05) is 48.5 Å². The van der Waals surface area contributed by atoms with Gasteiger partial charge in [-0.25, -0.2) is 0 Å². The topological polar surface area (TPSA) is 42.2 Å². The summed E-state index contributed by atoms with van der Waals surface area (Å²) in [6.07, 6.45) is 1.61. The van der Waals surface area contributed by atoms with Gasteiger partial charge in [0, 0.05) is 5.56 Å². The number of rotatable bonds is 4. The van der Waals surface area contributed by atoms with E-state index >= 15 is 0 Å². The summed E-state index contributed by atoms with van der Waals surface area (Å²) >= 11 is 0. The van der Waals surface area contributed by atoms with Crippen molar-refractivity contribution in [2.75, 3.05) is 0 Å². The van der Waals surface area contributed by atoms with Crippen LogP contribution in [0.5, 0.6) is 0 Å². The van der Waals surface area contributed by atoms with Crippen LogP contribution in [0.3, 0.4) is 0 Å². The predicted octanol–water partition coefficient (Wildman–Crippen LogP) is 3.80. The second kappa shape index (κ2) is 6.09. The molecule has 0 radical (unpaired) electrons. The highest BCUT2D eigenvalue weighted by Gasteiger charge is 2.19. The molecule has 1 N–H and O–H groups in total. The Balaban J connectivity index is 1.89. The van der Waals surface area contributed by atoms with Gasteiger partial charge in [-0.05, 0) is 29.8 Å².